The maximum absolute atomic E-state index is 10.6. The highest BCUT2D eigenvalue weighted by Crippen LogP contribution is 2.26. The Morgan fingerprint density at radius 3 is 2.35 bits per heavy atom. The van der Waals surface area contributed by atoms with Gasteiger partial charge < -0.3 is 10.4 Å². The molecule has 0 aliphatic heterocycles. The molecule has 0 spiro atoms. The van der Waals surface area contributed by atoms with E-state index in [4.69, 9.17) is 5.11 Å². The summed E-state index contributed by atoms with van der Waals surface area (Å²) in [5.74, 6) is -0.811. The Hall–Kier alpha value is -1.33. The maximum atomic E-state index is 10.6. The Kier molecular flexibility index (Phi) is 5.20. The first-order chi connectivity index (χ1) is 9.54. The topological polar surface area (TPSA) is 49.3 Å². The van der Waals surface area contributed by atoms with Gasteiger partial charge in [-0.3, -0.25) is 4.79 Å². The highest BCUT2D eigenvalue weighted by atomic mass is 79.9. The number of hydrogen-bond donors (Lipinski definition) is 2. The highest BCUT2D eigenvalue weighted by molar-refractivity contribution is 9.11. The predicted octanol–water partition coefficient (Wildman–Crippen LogP) is 4.45. The summed E-state index contributed by atoms with van der Waals surface area (Å²) in [5.41, 5.74) is 2.92. The van der Waals surface area contributed by atoms with Crippen molar-refractivity contribution in [2.75, 3.05) is 5.32 Å². The normalized spacial score (nSPS) is 10.3. The van der Waals surface area contributed by atoms with Crippen molar-refractivity contribution in [3.05, 3.63) is 62.5 Å². The number of carboxylic acid groups (broad SMARTS) is 1. The standard InChI is InChI=1S/C15H13Br2NO2/c16-12-5-6-13(17)14(8-12)18-9-11-3-1-10(2-4-11)7-15(19)20/h1-6,8,18H,7,9H2,(H,19,20). The molecule has 104 valence electrons. The van der Waals surface area contributed by atoms with E-state index in [1.165, 1.54) is 0 Å². The summed E-state index contributed by atoms with van der Waals surface area (Å²) >= 11 is 6.93. The SMILES string of the molecule is O=C(O)Cc1ccc(CNc2cc(Br)ccc2Br)cc1. The summed E-state index contributed by atoms with van der Waals surface area (Å²) in [5, 5.41) is 12.1. The van der Waals surface area contributed by atoms with Crippen LogP contribution in [0, 0.1) is 0 Å². The van der Waals surface area contributed by atoms with Crippen LogP contribution in [0.25, 0.3) is 0 Å². The van der Waals surface area contributed by atoms with E-state index in [9.17, 15) is 4.79 Å². The fourth-order valence-corrected chi connectivity index (χ4v) is 2.53. The Bertz CT molecular complexity index is 612. The van der Waals surface area contributed by atoms with Crippen molar-refractivity contribution in [1.29, 1.82) is 0 Å². The minimum absolute atomic E-state index is 0.0604. The number of aliphatic carboxylic acids is 1. The molecule has 0 saturated heterocycles. The summed E-state index contributed by atoms with van der Waals surface area (Å²) < 4.78 is 2.02. The van der Waals surface area contributed by atoms with Crippen molar-refractivity contribution in [2.45, 2.75) is 13.0 Å². The molecule has 0 saturated carbocycles. The summed E-state index contributed by atoms with van der Waals surface area (Å²) in [4.78, 5) is 10.6. The van der Waals surface area contributed by atoms with Crippen molar-refractivity contribution in [3.8, 4) is 0 Å². The second kappa shape index (κ2) is 6.90. The molecular formula is C15H13Br2NO2. The molecular weight excluding hydrogens is 386 g/mol. The monoisotopic (exact) mass is 397 g/mol. The van der Waals surface area contributed by atoms with Gasteiger partial charge in [0.1, 0.15) is 0 Å². The van der Waals surface area contributed by atoms with E-state index in [1.807, 2.05) is 42.5 Å². The van der Waals surface area contributed by atoms with Gasteiger partial charge in [0.15, 0.2) is 0 Å². The lowest BCUT2D eigenvalue weighted by atomic mass is 10.1. The van der Waals surface area contributed by atoms with Crippen molar-refractivity contribution >= 4 is 43.5 Å². The van der Waals surface area contributed by atoms with Crippen LogP contribution >= 0.6 is 31.9 Å². The number of hydrogen-bond acceptors (Lipinski definition) is 2. The van der Waals surface area contributed by atoms with Crippen LogP contribution in [0.3, 0.4) is 0 Å². The minimum atomic E-state index is -0.811. The van der Waals surface area contributed by atoms with Gasteiger partial charge in [-0.1, -0.05) is 40.2 Å². The lowest BCUT2D eigenvalue weighted by molar-refractivity contribution is -0.136. The molecule has 3 nitrogen and oxygen atoms in total. The lowest BCUT2D eigenvalue weighted by Gasteiger charge is -2.09. The van der Waals surface area contributed by atoms with Gasteiger partial charge in [0, 0.05) is 21.2 Å². The molecule has 0 fully saturated rings. The molecule has 2 aromatic carbocycles. The largest absolute Gasteiger partial charge is 0.481 e. The predicted molar refractivity (Wildman–Crippen MR) is 87.0 cm³/mol. The van der Waals surface area contributed by atoms with Crippen LogP contribution in [0.2, 0.25) is 0 Å². The van der Waals surface area contributed by atoms with E-state index < -0.39 is 5.97 Å². The summed E-state index contributed by atoms with van der Waals surface area (Å²) in [6, 6.07) is 13.5. The van der Waals surface area contributed by atoms with E-state index in [1.54, 1.807) is 0 Å². The quantitative estimate of drug-likeness (QED) is 0.782. The summed E-state index contributed by atoms with van der Waals surface area (Å²) in [7, 11) is 0. The van der Waals surface area contributed by atoms with Crippen LogP contribution in [0.1, 0.15) is 11.1 Å². The number of carboxylic acids is 1. The van der Waals surface area contributed by atoms with Gasteiger partial charge >= 0.3 is 5.97 Å². The molecule has 0 aliphatic carbocycles. The minimum Gasteiger partial charge on any atom is -0.481 e. The number of benzene rings is 2. The van der Waals surface area contributed by atoms with Crippen LogP contribution in [0.15, 0.2) is 51.4 Å². The molecule has 20 heavy (non-hydrogen) atoms. The molecule has 2 N–H and O–H groups in total. The third-order valence-corrected chi connectivity index (χ3v) is 3.97. The second-order valence-corrected chi connectivity index (χ2v) is 6.13. The molecule has 0 unspecified atom stereocenters. The van der Waals surface area contributed by atoms with Crippen LogP contribution in [-0.2, 0) is 17.8 Å². The zero-order valence-electron chi connectivity index (χ0n) is 10.6. The third kappa shape index (κ3) is 4.35. The molecule has 0 bridgehead atoms. The molecule has 0 heterocycles. The molecule has 0 aliphatic rings. The summed E-state index contributed by atoms with van der Waals surface area (Å²) in [6.07, 6.45) is 0.0604. The first-order valence-electron chi connectivity index (χ1n) is 6.03. The number of halogens is 2. The van der Waals surface area contributed by atoms with Crippen LogP contribution in [-0.4, -0.2) is 11.1 Å². The maximum Gasteiger partial charge on any atom is 0.307 e. The van der Waals surface area contributed by atoms with Gasteiger partial charge in [0.25, 0.3) is 0 Å². The average molecular weight is 399 g/mol. The Balaban J connectivity index is 2.00. The Morgan fingerprint density at radius 2 is 1.70 bits per heavy atom. The number of anilines is 1. The molecule has 2 rings (SSSR count). The Morgan fingerprint density at radius 1 is 1.05 bits per heavy atom. The van der Waals surface area contributed by atoms with Crippen molar-refractivity contribution in [3.63, 3.8) is 0 Å². The van der Waals surface area contributed by atoms with Crippen molar-refractivity contribution in [2.24, 2.45) is 0 Å². The van der Waals surface area contributed by atoms with Gasteiger partial charge in [0.05, 0.1) is 6.42 Å². The van der Waals surface area contributed by atoms with Crippen molar-refractivity contribution < 1.29 is 9.90 Å². The first kappa shape index (κ1) is 15.1. The molecule has 0 radical (unpaired) electrons. The zero-order valence-corrected chi connectivity index (χ0v) is 13.7. The lowest BCUT2D eigenvalue weighted by Crippen LogP contribution is -2.02. The third-order valence-electron chi connectivity index (χ3n) is 2.79. The number of rotatable bonds is 5. The van der Waals surface area contributed by atoms with E-state index in [0.29, 0.717) is 6.54 Å². The molecule has 0 aromatic heterocycles. The molecule has 0 atom stereocenters. The van der Waals surface area contributed by atoms with Gasteiger partial charge in [-0.2, -0.15) is 0 Å². The summed E-state index contributed by atoms with van der Waals surface area (Å²) in [6.45, 7) is 0.683. The van der Waals surface area contributed by atoms with Crippen LogP contribution in [0.4, 0.5) is 5.69 Å². The molecule has 5 heteroatoms. The molecule has 2 aromatic rings. The van der Waals surface area contributed by atoms with Crippen LogP contribution < -0.4 is 5.32 Å². The van der Waals surface area contributed by atoms with E-state index in [2.05, 4.69) is 37.2 Å². The van der Waals surface area contributed by atoms with E-state index in [-0.39, 0.29) is 6.42 Å². The fourth-order valence-electron chi connectivity index (χ4n) is 1.78. The first-order valence-corrected chi connectivity index (χ1v) is 7.62. The highest BCUT2D eigenvalue weighted by Gasteiger charge is 2.02. The van der Waals surface area contributed by atoms with E-state index >= 15 is 0 Å². The number of nitrogens with one attached hydrogen (secondary N) is 1. The van der Waals surface area contributed by atoms with Gasteiger partial charge in [0.2, 0.25) is 0 Å². The van der Waals surface area contributed by atoms with Gasteiger partial charge in [-0.05, 0) is 45.3 Å². The Labute approximate surface area is 134 Å². The average Bonchev–Trinajstić information content (AvgIpc) is 2.41. The smallest absolute Gasteiger partial charge is 0.307 e. The fraction of sp³-hybridized carbons (Fsp3) is 0.133. The second-order valence-electron chi connectivity index (χ2n) is 4.36. The van der Waals surface area contributed by atoms with Gasteiger partial charge in [-0.15, -0.1) is 0 Å². The zero-order chi connectivity index (χ0) is 14.5. The van der Waals surface area contributed by atoms with Crippen LogP contribution in [0.5, 0.6) is 0 Å². The number of carbonyl (C=O) groups is 1. The molecule has 0 amide bonds. The van der Waals surface area contributed by atoms with E-state index in [0.717, 1.165) is 25.8 Å². The van der Waals surface area contributed by atoms with Crippen molar-refractivity contribution in [1.82, 2.24) is 0 Å². The van der Waals surface area contributed by atoms with Gasteiger partial charge in [-0.25, -0.2) is 0 Å².